The van der Waals surface area contributed by atoms with Gasteiger partial charge < -0.3 is 5.11 Å². The number of Topliss-reactive ketones (excluding diaryl/α,β-unsaturated/α-hetero) is 1. The van der Waals surface area contributed by atoms with Gasteiger partial charge in [0.25, 0.3) is 0 Å². The first-order valence-corrected chi connectivity index (χ1v) is 5.82. The summed E-state index contributed by atoms with van der Waals surface area (Å²) in [7, 11) is 0. The van der Waals surface area contributed by atoms with Crippen molar-refractivity contribution in [2.45, 2.75) is 19.3 Å². The van der Waals surface area contributed by atoms with Crippen LogP contribution in [0, 0.1) is 23.7 Å². The average Bonchev–Trinajstić information content (AvgIpc) is 2.88. The molecule has 0 aliphatic heterocycles. The Bertz CT molecular complexity index is 419. The fraction of sp³-hybridized carbons (Fsp3) is 0.538. The molecule has 0 saturated heterocycles. The summed E-state index contributed by atoms with van der Waals surface area (Å²) in [5, 5.41) is 8.63. The molecule has 1 N–H and O–H groups in total. The van der Waals surface area contributed by atoms with E-state index in [2.05, 4.69) is 12.2 Å². The zero-order valence-electron chi connectivity index (χ0n) is 8.93. The molecule has 0 aromatic rings. The van der Waals surface area contributed by atoms with Crippen molar-refractivity contribution in [3.8, 4) is 0 Å². The molecule has 3 heteroatoms. The summed E-state index contributed by atoms with van der Waals surface area (Å²) in [5.74, 6) is 0.836. The highest BCUT2D eigenvalue weighted by Crippen LogP contribution is 2.53. The minimum absolute atomic E-state index is 0.0692. The van der Waals surface area contributed by atoms with E-state index in [1.807, 2.05) is 6.08 Å². The molecule has 4 unspecified atom stereocenters. The molecule has 1 fully saturated rings. The summed E-state index contributed by atoms with van der Waals surface area (Å²) in [4.78, 5) is 22.6. The Kier molecular flexibility index (Phi) is 2.03. The lowest BCUT2D eigenvalue weighted by atomic mass is 9.85. The van der Waals surface area contributed by atoms with Crippen LogP contribution in [0.1, 0.15) is 19.3 Å². The van der Waals surface area contributed by atoms with Gasteiger partial charge in [0, 0.05) is 12.3 Å². The van der Waals surface area contributed by atoms with Gasteiger partial charge in [-0.15, -0.1) is 0 Å². The maximum Gasteiger partial charge on any atom is 0.303 e. The molecular weight excluding hydrogens is 204 g/mol. The molecule has 16 heavy (non-hydrogen) atoms. The van der Waals surface area contributed by atoms with Crippen molar-refractivity contribution in [3.05, 3.63) is 23.8 Å². The Morgan fingerprint density at radius 2 is 2.12 bits per heavy atom. The van der Waals surface area contributed by atoms with Crippen LogP contribution in [0.2, 0.25) is 0 Å². The number of carboxylic acid groups (broad SMARTS) is 1. The van der Waals surface area contributed by atoms with Gasteiger partial charge in [-0.2, -0.15) is 0 Å². The Morgan fingerprint density at radius 3 is 2.81 bits per heavy atom. The fourth-order valence-electron chi connectivity index (χ4n) is 3.43. The van der Waals surface area contributed by atoms with Gasteiger partial charge in [-0.3, -0.25) is 9.59 Å². The smallest absolute Gasteiger partial charge is 0.303 e. The van der Waals surface area contributed by atoms with Gasteiger partial charge in [0.15, 0.2) is 5.78 Å². The summed E-state index contributed by atoms with van der Waals surface area (Å²) in [5.41, 5.74) is 0.760. The van der Waals surface area contributed by atoms with Crippen molar-refractivity contribution in [2.24, 2.45) is 23.7 Å². The van der Waals surface area contributed by atoms with Crippen molar-refractivity contribution >= 4 is 11.8 Å². The number of fused-ring (bicyclic) bond motifs is 5. The van der Waals surface area contributed by atoms with Crippen LogP contribution in [0.25, 0.3) is 0 Å². The van der Waals surface area contributed by atoms with Gasteiger partial charge in [0.1, 0.15) is 0 Å². The molecule has 4 atom stereocenters. The second-order valence-corrected chi connectivity index (χ2v) is 5.00. The zero-order chi connectivity index (χ0) is 11.3. The minimum Gasteiger partial charge on any atom is -0.481 e. The Hall–Kier alpha value is -1.38. The second kappa shape index (κ2) is 3.30. The molecule has 0 radical (unpaired) electrons. The van der Waals surface area contributed by atoms with E-state index in [9.17, 15) is 9.59 Å². The SMILES string of the molecule is O=C(O)CCC1=CC2C3C=CC(C3)C2C1=O. The minimum atomic E-state index is -0.827. The van der Waals surface area contributed by atoms with Crippen LogP contribution < -0.4 is 0 Å². The number of hydrogen-bond donors (Lipinski definition) is 1. The summed E-state index contributed by atoms with van der Waals surface area (Å²) in [6.45, 7) is 0. The highest BCUT2D eigenvalue weighted by atomic mass is 16.4. The number of allylic oxidation sites excluding steroid dienone is 4. The third-order valence-corrected chi connectivity index (χ3v) is 4.14. The van der Waals surface area contributed by atoms with Crippen LogP contribution in [0.4, 0.5) is 0 Å². The second-order valence-electron chi connectivity index (χ2n) is 5.00. The van der Waals surface area contributed by atoms with Crippen LogP contribution in [-0.2, 0) is 9.59 Å². The van der Waals surface area contributed by atoms with E-state index in [-0.39, 0.29) is 18.1 Å². The number of rotatable bonds is 3. The van der Waals surface area contributed by atoms with Gasteiger partial charge in [-0.05, 0) is 36.2 Å². The van der Waals surface area contributed by atoms with Gasteiger partial charge in [-0.1, -0.05) is 18.2 Å². The maximum absolute atomic E-state index is 12.1. The molecule has 0 spiro atoms. The molecule has 3 rings (SSSR count). The summed E-state index contributed by atoms with van der Waals surface area (Å²) in [6.07, 6.45) is 8.02. The first kappa shape index (κ1) is 9.82. The van der Waals surface area contributed by atoms with E-state index in [1.54, 1.807) is 0 Å². The quantitative estimate of drug-likeness (QED) is 0.735. The number of hydrogen-bond acceptors (Lipinski definition) is 2. The fourth-order valence-corrected chi connectivity index (χ4v) is 3.43. The topological polar surface area (TPSA) is 54.4 Å². The number of carbonyl (C=O) groups excluding carboxylic acids is 1. The maximum atomic E-state index is 12.1. The number of aliphatic carboxylic acids is 1. The molecule has 0 heterocycles. The number of carboxylic acids is 1. The molecule has 0 aromatic carbocycles. The van der Waals surface area contributed by atoms with Crippen molar-refractivity contribution in [1.82, 2.24) is 0 Å². The van der Waals surface area contributed by atoms with E-state index in [4.69, 9.17) is 5.11 Å². The Morgan fingerprint density at radius 1 is 1.38 bits per heavy atom. The summed E-state index contributed by atoms with van der Waals surface area (Å²) < 4.78 is 0. The zero-order valence-corrected chi connectivity index (χ0v) is 8.93. The summed E-state index contributed by atoms with van der Waals surface area (Å²) in [6, 6.07) is 0. The molecule has 1 saturated carbocycles. The van der Waals surface area contributed by atoms with Gasteiger partial charge in [0.2, 0.25) is 0 Å². The third kappa shape index (κ3) is 1.27. The molecule has 3 aliphatic carbocycles. The van der Waals surface area contributed by atoms with Crippen LogP contribution in [0.15, 0.2) is 23.8 Å². The third-order valence-electron chi connectivity index (χ3n) is 4.14. The van der Waals surface area contributed by atoms with Gasteiger partial charge in [0.05, 0.1) is 0 Å². The standard InChI is InChI=1S/C13H14O3/c14-11(15)4-3-9-6-10-7-1-2-8(5-7)12(10)13(9)16/h1-2,6-8,10,12H,3-5H2,(H,14,15). The lowest BCUT2D eigenvalue weighted by Crippen LogP contribution is -2.21. The van der Waals surface area contributed by atoms with Crippen molar-refractivity contribution in [2.75, 3.05) is 0 Å². The Labute approximate surface area is 93.8 Å². The van der Waals surface area contributed by atoms with Crippen LogP contribution in [0.3, 0.4) is 0 Å². The average molecular weight is 218 g/mol. The summed E-state index contributed by atoms with van der Waals surface area (Å²) >= 11 is 0. The van der Waals surface area contributed by atoms with Crippen molar-refractivity contribution < 1.29 is 14.7 Å². The highest BCUT2D eigenvalue weighted by Gasteiger charge is 2.50. The van der Waals surface area contributed by atoms with Crippen LogP contribution in [-0.4, -0.2) is 16.9 Å². The monoisotopic (exact) mass is 218 g/mol. The molecule has 0 aromatic heterocycles. The van der Waals surface area contributed by atoms with Crippen LogP contribution >= 0.6 is 0 Å². The lowest BCUT2D eigenvalue weighted by molar-refractivity contribution is -0.136. The van der Waals surface area contributed by atoms with E-state index in [1.165, 1.54) is 0 Å². The lowest BCUT2D eigenvalue weighted by Gasteiger charge is -2.17. The van der Waals surface area contributed by atoms with E-state index in [0.29, 0.717) is 24.2 Å². The largest absolute Gasteiger partial charge is 0.481 e. The van der Waals surface area contributed by atoms with Crippen molar-refractivity contribution in [1.29, 1.82) is 0 Å². The molecule has 2 bridgehead atoms. The molecular formula is C13H14O3. The molecule has 3 aliphatic rings. The van der Waals surface area contributed by atoms with E-state index < -0.39 is 5.97 Å². The van der Waals surface area contributed by atoms with Gasteiger partial charge >= 0.3 is 5.97 Å². The molecule has 3 nitrogen and oxygen atoms in total. The normalized spacial score (nSPS) is 39.0. The Balaban J connectivity index is 1.77. The number of carbonyl (C=O) groups is 2. The van der Waals surface area contributed by atoms with Crippen molar-refractivity contribution in [3.63, 3.8) is 0 Å². The molecule has 0 amide bonds. The van der Waals surface area contributed by atoms with Crippen LogP contribution in [0.5, 0.6) is 0 Å². The van der Waals surface area contributed by atoms with Gasteiger partial charge in [-0.25, -0.2) is 0 Å². The predicted octanol–water partition coefficient (Wildman–Crippen LogP) is 1.80. The first-order valence-electron chi connectivity index (χ1n) is 5.82. The predicted molar refractivity (Wildman–Crippen MR) is 57.7 cm³/mol. The molecule has 84 valence electrons. The number of ketones is 1. The van der Waals surface area contributed by atoms with E-state index in [0.717, 1.165) is 12.0 Å². The first-order chi connectivity index (χ1) is 7.66. The highest BCUT2D eigenvalue weighted by molar-refractivity contribution is 6.01. The van der Waals surface area contributed by atoms with E-state index >= 15 is 0 Å².